The average molecular weight is 420 g/mol. The molecule has 3 aromatic rings. The van der Waals surface area contributed by atoms with E-state index in [-0.39, 0.29) is 18.1 Å². The van der Waals surface area contributed by atoms with E-state index in [0.717, 1.165) is 28.5 Å². The predicted molar refractivity (Wildman–Crippen MR) is 103 cm³/mol. The SMILES string of the molecule is CCc1nc2sc(N3CCCC3C(=O)NCc3ccc(F)cn3)nn2c(=O)c1F. The molecule has 11 heteroatoms. The van der Waals surface area contributed by atoms with E-state index in [4.69, 9.17) is 0 Å². The van der Waals surface area contributed by atoms with Crippen molar-refractivity contribution in [2.24, 2.45) is 0 Å². The van der Waals surface area contributed by atoms with E-state index in [1.807, 2.05) is 0 Å². The number of carbonyl (C=O) groups is 1. The minimum Gasteiger partial charge on any atom is -0.349 e. The van der Waals surface area contributed by atoms with Gasteiger partial charge in [-0.1, -0.05) is 18.3 Å². The zero-order valence-corrected chi connectivity index (χ0v) is 16.4. The molecule has 1 N–H and O–H groups in total. The Morgan fingerprint density at radius 2 is 2.21 bits per heavy atom. The molecule has 0 aliphatic carbocycles. The molecule has 1 unspecified atom stereocenters. The minimum absolute atomic E-state index is 0.104. The Labute approximate surface area is 168 Å². The molecular weight excluding hydrogens is 402 g/mol. The predicted octanol–water partition coefficient (Wildman–Crippen LogP) is 1.67. The maximum absolute atomic E-state index is 14.1. The molecule has 8 nitrogen and oxygen atoms in total. The minimum atomic E-state index is -0.899. The number of anilines is 1. The second-order valence-corrected chi connectivity index (χ2v) is 7.58. The van der Waals surface area contributed by atoms with Crippen LogP contribution in [0.25, 0.3) is 4.96 Å². The van der Waals surface area contributed by atoms with Gasteiger partial charge in [0.25, 0.3) is 0 Å². The van der Waals surface area contributed by atoms with Gasteiger partial charge in [-0.25, -0.2) is 9.37 Å². The molecule has 1 aliphatic heterocycles. The molecule has 0 bridgehead atoms. The quantitative estimate of drug-likeness (QED) is 0.675. The lowest BCUT2D eigenvalue weighted by Crippen LogP contribution is -2.43. The second kappa shape index (κ2) is 7.82. The van der Waals surface area contributed by atoms with Crippen molar-refractivity contribution in [2.45, 2.75) is 38.8 Å². The summed E-state index contributed by atoms with van der Waals surface area (Å²) in [5, 5.41) is 7.45. The van der Waals surface area contributed by atoms with Crippen LogP contribution in [0.3, 0.4) is 0 Å². The van der Waals surface area contributed by atoms with Crippen molar-refractivity contribution in [3.63, 3.8) is 0 Å². The molecule has 3 aromatic heterocycles. The Balaban J connectivity index is 1.54. The van der Waals surface area contributed by atoms with Crippen molar-refractivity contribution in [1.82, 2.24) is 24.9 Å². The van der Waals surface area contributed by atoms with E-state index in [9.17, 15) is 18.4 Å². The van der Waals surface area contributed by atoms with Gasteiger partial charge in [0.05, 0.1) is 24.1 Å². The highest BCUT2D eigenvalue weighted by Crippen LogP contribution is 2.29. The third-order valence-corrected chi connectivity index (χ3v) is 5.73. The number of hydrogen-bond acceptors (Lipinski definition) is 7. The number of hydrogen-bond donors (Lipinski definition) is 1. The number of amides is 1. The van der Waals surface area contributed by atoms with Crippen LogP contribution in [0.5, 0.6) is 0 Å². The van der Waals surface area contributed by atoms with Crippen LogP contribution in [0.15, 0.2) is 23.1 Å². The van der Waals surface area contributed by atoms with Crippen LogP contribution in [-0.4, -0.2) is 38.1 Å². The van der Waals surface area contributed by atoms with Crippen molar-refractivity contribution in [3.05, 3.63) is 51.7 Å². The van der Waals surface area contributed by atoms with Crippen LogP contribution in [0.2, 0.25) is 0 Å². The van der Waals surface area contributed by atoms with Crippen LogP contribution in [0.4, 0.5) is 13.9 Å². The summed E-state index contributed by atoms with van der Waals surface area (Å²) in [4.78, 5) is 35.1. The molecule has 0 aromatic carbocycles. The molecule has 1 aliphatic rings. The summed E-state index contributed by atoms with van der Waals surface area (Å²) in [6.45, 7) is 2.49. The van der Waals surface area contributed by atoms with Gasteiger partial charge in [0.15, 0.2) is 0 Å². The first kappa shape index (κ1) is 19.4. The number of rotatable bonds is 5. The number of nitrogens with one attached hydrogen (secondary N) is 1. The summed E-state index contributed by atoms with van der Waals surface area (Å²) in [5.74, 6) is -1.55. The van der Waals surface area contributed by atoms with Crippen molar-refractivity contribution in [2.75, 3.05) is 11.4 Å². The number of nitrogens with zero attached hydrogens (tertiary/aromatic N) is 5. The van der Waals surface area contributed by atoms with Gasteiger partial charge < -0.3 is 10.2 Å². The standard InChI is InChI=1S/C18H18F2N6O2S/c1-2-12-14(20)16(28)26-17(23-12)29-18(24-26)25-7-3-4-13(25)15(27)22-9-11-6-5-10(19)8-21-11/h5-6,8,13H,2-4,7,9H2,1H3,(H,22,27). The monoisotopic (exact) mass is 420 g/mol. The topological polar surface area (TPSA) is 92.5 Å². The molecule has 152 valence electrons. The van der Waals surface area contributed by atoms with Gasteiger partial charge >= 0.3 is 5.56 Å². The molecule has 0 radical (unpaired) electrons. The van der Waals surface area contributed by atoms with Crippen molar-refractivity contribution in [3.8, 4) is 0 Å². The number of fused-ring (bicyclic) bond motifs is 1. The average Bonchev–Trinajstić information content (AvgIpc) is 3.37. The molecule has 1 amide bonds. The Kier molecular flexibility index (Phi) is 5.22. The number of aromatic nitrogens is 4. The Bertz CT molecular complexity index is 1110. The molecule has 0 spiro atoms. The summed E-state index contributed by atoms with van der Waals surface area (Å²) >= 11 is 1.15. The first-order valence-electron chi connectivity index (χ1n) is 9.21. The molecule has 1 fully saturated rings. The lowest BCUT2D eigenvalue weighted by molar-refractivity contribution is -0.122. The van der Waals surface area contributed by atoms with Crippen molar-refractivity contribution >= 4 is 27.3 Å². The first-order valence-corrected chi connectivity index (χ1v) is 10.0. The van der Waals surface area contributed by atoms with Gasteiger partial charge in [0.2, 0.25) is 21.8 Å². The zero-order chi connectivity index (χ0) is 20.5. The highest BCUT2D eigenvalue weighted by Gasteiger charge is 2.33. The molecule has 0 saturated carbocycles. The van der Waals surface area contributed by atoms with E-state index in [0.29, 0.717) is 35.2 Å². The van der Waals surface area contributed by atoms with Crippen LogP contribution in [-0.2, 0) is 17.8 Å². The maximum Gasteiger partial charge on any atom is 0.311 e. The zero-order valence-electron chi connectivity index (χ0n) is 15.6. The fourth-order valence-corrected chi connectivity index (χ4v) is 4.27. The molecule has 4 rings (SSSR count). The third-order valence-electron chi connectivity index (χ3n) is 4.78. The van der Waals surface area contributed by atoms with Crippen LogP contribution in [0, 0.1) is 11.6 Å². The normalized spacial score (nSPS) is 16.5. The number of pyridine rings is 1. The lowest BCUT2D eigenvalue weighted by Gasteiger charge is -2.22. The van der Waals surface area contributed by atoms with Crippen LogP contribution in [0.1, 0.15) is 31.2 Å². The van der Waals surface area contributed by atoms with Crippen LogP contribution < -0.4 is 15.8 Å². The number of aryl methyl sites for hydroxylation is 1. The van der Waals surface area contributed by atoms with Gasteiger partial charge in [-0.2, -0.15) is 8.91 Å². The van der Waals surface area contributed by atoms with Crippen LogP contribution >= 0.6 is 11.3 Å². The largest absolute Gasteiger partial charge is 0.349 e. The summed E-state index contributed by atoms with van der Waals surface area (Å²) in [6, 6.07) is 2.32. The Morgan fingerprint density at radius 1 is 1.38 bits per heavy atom. The summed E-state index contributed by atoms with van der Waals surface area (Å²) < 4.78 is 28.0. The smallest absolute Gasteiger partial charge is 0.311 e. The van der Waals surface area contributed by atoms with Gasteiger partial charge in [-0.05, 0) is 31.4 Å². The van der Waals surface area contributed by atoms with Gasteiger partial charge in [0.1, 0.15) is 11.9 Å². The highest BCUT2D eigenvalue weighted by atomic mass is 32.1. The van der Waals surface area contributed by atoms with Gasteiger partial charge in [0, 0.05) is 6.54 Å². The lowest BCUT2D eigenvalue weighted by atomic mass is 10.2. The highest BCUT2D eigenvalue weighted by molar-refractivity contribution is 7.20. The number of halogens is 2. The van der Waals surface area contributed by atoms with Gasteiger partial charge in [-0.15, -0.1) is 5.10 Å². The molecule has 29 heavy (non-hydrogen) atoms. The van der Waals surface area contributed by atoms with E-state index < -0.39 is 23.2 Å². The van der Waals surface area contributed by atoms with E-state index in [1.54, 1.807) is 11.8 Å². The molecular formula is C18H18F2N6O2S. The number of carbonyl (C=O) groups excluding carboxylic acids is 1. The van der Waals surface area contributed by atoms with Gasteiger partial charge in [-0.3, -0.25) is 14.6 Å². The van der Waals surface area contributed by atoms with Crippen molar-refractivity contribution in [1.29, 1.82) is 0 Å². The van der Waals surface area contributed by atoms with E-state index in [2.05, 4.69) is 20.4 Å². The summed E-state index contributed by atoms with van der Waals surface area (Å²) in [7, 11) is 0. The fraction of sp³-hybridized carbons (Fsp3) is 0.389. The molecule has 1 atom stereocenters. The first-order chi connectivity index (χ1) is 14.0. The Morgan fingerprint density at radius 3 is 2.93 bits per heavy atom. The fourth-order valence-electron chi connectivity index (χ4n) is 3.28. The van der Waals surface area contributed by atoms with E-state index in [1.165, 1.54) is 12.1 Å². The second-order valence-electron chi connectivity index (χ2n) is 6.65. The Hall–Kier alpha value is -2.95. The molecule has 4 heterocycles. The summed E-state index contributed by atoms with van der Waals surface area (Å²) in [5.41, 5.74) is -0.188. The van der Waals surface area contributed by atoms with Crippen molar-refractivity contribution < 1.29 is 13.6 Å². The maximum atomic E-state index is 14.1. The molecule has 1 saturated heterocycles. The summed E-state index contributed by atoms with van der Waals surface area (Å²) in [6.07, 6.45) is 2.80. The third kappa shape index (κ3) is 3.69. The van der Waals surface area contributed by atoms with E-state index >= 15 is 0 Å².